The van der Waals surface area contributed by atoms with Crippen LogP contribution in [-0.4, -0.2) is 5.11 Å². The number of benzene rings is 2. The van der Waals surface area contributed by atoms with Crippen LogP contribution in [0.1, 0.15) is 129 Å². The van der Waals surface area contributed by atoms with Gasteiger partial charge >= 0.3 is 0 Å². The summed E-state index contributed by atoms with van der Waals surface area (Å²) in [6, 6.07) is 8.89. The first kappa shape index (κ1) is 29.0. The Labute approximate surface area is 215 Å². The minimum atomic E-state index is -0.180. The van der Waals surface area contributed by atoms with Crippen molar-refractivity contribution in [1.29, 1.82) is 0 Å². The molecule has 2 atom stereocenters. The van der Waals surface area contributed by atoms with Crippen LogP contribution >= 0.6 is 19.4 Å². The van der Waals surface area contributed by atoms with Gasteiger partial charge in [-0.2, -0.15) is 0 Å². The molecule has 34 heavy (non-hydrogen) atoms. The minimum absolute atomic E-state index is 0.0257. The quantitative estimate of drug-likeness (QED) is 0.419. The topological polar surface area (TPSA) is 29.5 Å². The van der Waals surface area contributed by atoms with Crippen LogP contribution in [0.25, 0.3) is 0 Å². The van der Waals surface area contributed by atoms with Crippen molar-refractivity contribution >= 4 is 19.4 Å². The number of halogens is 1. The van der Waals surface area contributed by atoms with E-state index in [4.69, 9.17) is 15.8 Å². The lowest BCUT2D eigenvalue weighted by molar-refractivity contribution is 0.435. The van der Waals surface area contributed by atoms with Crippen molar-refractivity contribution in [1.82, 2.24) is 0 Å². The molecule has 0 amide bonds. The summed E-state index contributed by atoms with van der Waals surface area (Å²) in [5.74, 6) is 1.15. The van der Waals surface area contributed by atoms with Gasteiger partial charge < -0.3 is 9.63 Å². The molecule has 0 fully saturated rings. The molecule has 2 aromatic rings. The minimum Gasteiger partial charge on any atom is -0.507 e. The molecule has 0 spiro atoms. The van der Waals surface area contributed by atoms with Gasteiger partial charge in [0.05, 0.1) is 0 Å². The lowest BCUT2D eigenvalue weighted by Gasteiger charge is -2.32. The van der Waals surface area contributed by atoms with Crippen molar-refractivity contribution in [3.8, 4) is 11.5 Å². The molecule has 2 nitrogen and oxygen atoms in total. The van der Waals surface area contributed by atoms with Gasteiger partial charge in [-0.3, -0.25) is 0 Å². The maximum absolute atomic E-state index is 11.6. The fourth-order valence-electron chi connectivity index (χ4n) is 4.27. The predicted molar refractivity (Wildman–Crippen MR) is 152 cm³/mol. The van der Waals surface area contributed by atoms with E-state index in [-0.39, 0.29) is 35.7 Å². The van der Waals surface area contributed by atoms with Gasteiger partial charge in [0.15, 0.2) is 8.16 Å². The fraction of sp³-hybridized carbons (Fsp3) is 0.600. The molecular weight excluding hydrogens is 459 g/mol. The largest absolute Gasteiger partial charge is 0.507 e. The van der Waals surface area contributed by atoms with E-state index < -0.39 is 0 Å². The summed E-state index contributed by atoms with van der Waals surface area (Å²) in [7, 11) is -0.175. The van der Waals surface area contributed by atoms with E-state index in [0.717, 1.165) is 28.0 Å². The van der Waals surface area contributed by atoms with Gasteiger partial charge in [0.1, 0.15) is 11.5 Å². The zero-order valence-electron chi connectivity index (χ0n) is 23.6. The molecule has 0 aliphatic rings. The molecule has 0 saturated heterocycles. The molecule has 0 heterocycles. The van der Waals surface area contributed by atoms with Crippen LogP contribution in [0.15, 0.2) is 24.3 Å². The first-order valence-electron chi connectivity index (χ1n) is 12.3. The zero-order chi connectivity index (χ0) is 26.4. The molecule has 0 radical (unpaired) electrons. The summed E-state index contributed by atoms with van der Waals surface area (Å²) in [5.41, 5.74) is 6.26. The lowest BCUT2D eigenvalue weighted by atomic mass is 9.74. The number of hydrogen-bond acceptors (Lipinski definition) is 2. The first-order valence-corrected chi connectivity index (χ1v) is 14.2. The highest BCUT2D eigenvalue weighted by Gasteiger charge is 2.31. The Kier molecular flexibility index (Phi) is 8.24. The van der Waals surface area contributed by atoms with Gasteiger partial charge in [-0.05, 0) is 38.4 Å². The molecule has 2 aromatic carbocycles. The van der Waals surface area contributed by atoms with Crippen molar-refractivity contribution in [2.75, 3.05) is 0 Å². The number of aromatic hydroxyl groups is 1. The summed E-state index contributed by atoms with van der Waals surface area (Å²) < 4.78 is 6.15. The Balaban J connectivity index is 2.97. The van der Waals surface area contributed by atoms with E-state index in [2.05, 4.69) is 114 Å². The molecule has 2 unspecified atom stereocenters. The Morgan fingerprint density at radius 1 is 0.676 bits per heavy atom. The highest BCUT2D eigenvalue weighted by Crippen LogP contribution is 2.48. The van der Waals surface area contributed by atoms with Gasteiger partial charge in [0.25, 0.3) is 0 Å². The maximum Gasteiger partial charge on any atom is 0.168 e. The number of phenolic OH excluding ortho intramolecular Hbond substituents is 1. The van der Waals surface area contributed by atoms with Gasteiger partial charge in [0.2, 0.25) is 0 Å². The van der Waals surface area contributed by atoms with E-state index in [1.165, 1.54) is 11.1 Å². The molecule has 0 aromatic heterocycles. The second-order valence-electron chi connectivity index (χ2n) is 13.8. The summed E-state index contributed by atoms with van der Waals surface area (Å²) >= 11 is 6.17. The van der Waals surface area contributed by atoms with Crippen molar-refractivity contribution in [3.05, 3.63) is 57.6 Å². The number of hydrogen-bond donors (Lipinski definition) is 1. The summed E-state index contributed by atoms with van der Waals surface area (Å²) in [6.45, 7) is 28.7. The Morgan fingerprint density at radius 2 is 1.09 bits per heavy atom. The molecule has 2 rings (SSSR count). The van der Waals surface area contributed by atoms with Crippen LogP contribution in [0.3, 0.4) is 0 Å². The molecule has 1 N–H and O–H groups in total. The van der Waals surface area contributed by atoms with E-state index in [0.29, 0.717) is 5.75 Å². The second-order valence-corrected chi connectivity index (χ2v) is 14.6. The number of rotatable bonds is 4. The maximum atomic E-state index is 11.6. The average Bonchev–Trinajstić information content (AvgIpc) is 2.64. The normalized spacial score (nSPS) is 14.6. The SMILES string of the molecule is CC(c1cc(C(C)(C)C)cc(C(C)(C)C)c1O)c1cc(C(C)(C)C)cc(C(C)(C)C)c1OPCl. The third-order valence-corrected chi connectivity index (χ3v) is 7.19. The van der Waals surface area contributed by atoms with Crippen LogP contribution in [0, 0.1) is 0 Å². The third-order valence-electron chi connectivity index (χ3n) is 6.68. The lowest BCUT2D eigenvalue weighted by Crippen LogP contribution is -2.20. The van der Waals surface area contributed by atoms with E-state index in [1.54, 1.807) is 0 Å². The molecule has 0 aliphatic carbocycles. The van der Waals surface area contributed by atoms with Crippen LogP contribution < -0.4 is 4.52 Å². The molecule has 4 heteroatoms. The van der Waals surface area contributed by atoms with Crippen LogP contribution in [-0.2, 0) is 21.7 Å². The molecular formula is C30H46ClO2P. The Hall–Kier alpha value is -1.24. The summed E-state index contributed by atoms with van der Waals surface area (Å²) in [4.78, 5) is 0. The van der Waals surface area contributed by atoms with Crippen LogP contribution in [0.4, 0.5) is 0 Å². The third kappa shape index (κ3) is 6.30. The van der Waals surface area contributed by atoms with Crippen molar-refractivity contribution in [3.63, 3.8) is 0 Å². The standard InChI is InChI=1S/C30H46ClO2P/c1-18(21-14-19(27(2,3)4)16-23(25(21)32)29(8,9)10)22-15-20(28(5,6)7)17-24(30(11,12)13)26(22)33-34-31/h14-18,32,34H,1-13H3. The fourth-order valence-corrected chi connectivity index (χ4v) is 4.81. The number of phenols is 1. The van der Waals surface area contributed by atoms with Crippen molar-refractivity contribution < 1.29 is 9.63 Å². The molecule has 0 saturated carbocycles. The molecule has 190 valence electrons. The van der Waals surface area contributed by atoms with Crippen LogP contribution in [0.5, 0.6) is 11.5 Å². The zero-order valence-corrected chi connectivity index (χ0v) is 25.4. The van der Waals surface area contributed by atoms with Gasteiger partial charge in [-0.25, -0.2) is 0 Å². The smallest absolute Gasteiger partial charge is 0.168 e. The second kappa shape index (κ2) is 9.67. The van der Waals surface area contributed by atoms with Crippen molar-refractivity contribution in [2.45, 2.75) is 118 Å². The van der Waals surface area contributed by atoms with E-state index in [9.17, 15) is 5.11 Å². The summed E-state index contributed by atoms with van der Waals surface area (Å²) in [6.07, 6.45) is 0. The Bertz CT molecular complexity index is 1030. The highest BCUT2D eigenvalue weighted by atomic mass is 35.7. The van der Waals surface area contributed by atoms with Gasteiger partial charge in [-0.15, -0.1) is 0 Å². The van der Waals surface area contributed by atoms with Gasteiger partial charge in [0, 0.05) is 22.6 Å². The molecule has 0 bridgehead atoms. The monoisotopic (exact) mass is 504 g/mol. The summed E-state index contributed by atoms with van der Waals surface area (Å²) in [5, 5.41) is 11.6. The van der Waals surface area contributed by atoms with Crippen molar-refractivity contribution in [2.24, 2.45) is 0 Å². The molecule has 0 aliphatic heterocycles. The first-order chi connectivity index (χ1) is 15.2. The predicted octanol–water partition coefficient (Wildman–Crippen LogP) is 9.86. The van der Waals surface area contributed by atoms with Crippen LogP contribution in [0.2, 0.25) is 0 Å². The Morgan fingerprint density at radius 3 is 1.47 bits per heavy atom. The van der Waals surface area contributed by atoms with E-state index in [1.807, 2.05) is 0 Å². The highest BCUT2D eigenvalue weighted by molar-refractivity contribution is 7.64. The van der Waals surface area contributed by atoms with Gasteiger partial charge in [-0.1, -0.05) is 126 Å². The average molecular weight is 505 g/mol. The van der Waals surface area contributed by atoms with E-state index >= 15 is 0 Å².